The van der Waals surface area contributed by atoms with E-state index in [0.717, 1.165) is 18.2 Å². The van der Waals surface area contributed by atoms with Gasteiger partial charge in [-0.3, -0.25) is 4.79 Å². The number of aliphatic hydroxyl groups excluding tert-OH is 1. The minimum atomic E-state index is -2.63. The number of carboxylic acids is 1. The van der Waals surface area contributed by atoms with Crippen LogP contribution in [0.1, 0.15) is 0 Å². The first-order valence-electron chi connectivity index (χ1n) is 3.30. The zero-order chi connectivity index (χ0) is 10.0. The largest absolute Gasteiger partial charge is 0.508 e. The Bertz CT molecular complexity index is 418. The smallest absolute Gasteiger partial charge is 0.315 e. The first-order chi connectivity index (χ1) is 6.02. The van der Waals surface area contributed by atoms with Gasteiger partial charge in [-0.1, -0.05) is 6.08 Å². The van der Waals surface area contributed by atoms with E-state index in [1.807, 2.05) is 0 Å². The lowest BCUT2D eigenvalue weighted by Crippen LogP contribution is -2.23. The molecule has 0 aliphatic heterocycles. The molecule has 70 valence electrons. The molecule has 1 unspecified atom stereocenters. The highest BCUT2D eigenvalue weighted by Gasteiger charge is 2.23. The van der Waals surface area contributed by atoms with Crippen molar-refractivity contribution in [3.05, 3.63) is 24.0 Å². The normalized spacial score (nSPS) is 21.1. The first kappa shape index (κ1) is 9.53. The SMILES string of the molecule is O=C(O)C1C=CC(O)=CC1=S(=O)=O. The molecule has 1 atom stereocenters. The Labute approximate surface area is 75.2 Å². The summed E-state index contributed by atoms with van der Waals surface area (Å²) in [4.78, 5) is 10.2. The maximum atomic E-state index is 10.5. The van der Waals surface area contributed by atoms with Crippen LogP contribution in [-0.2, 0) is 15.1 Å². The Hall–Kier alpha value is -1.56. The third-order valence-electron chi connectivity index (χ3n) is 1.51. The molecule has 0 fully saturated rings. The molecule has 0 saturated carbocycles. The number of hydrogen-bond donors (Lipinski definition) is 2. The van der Waals surface area contributed by atoms with Gasteiger partial charge in [0, 0.05) is 0 Å². The molecule has 6 heteroatoms. The molecule has 1 aliphatic rings. The Kier molecular flexibility index (Phi) is 2.52. The van der Waals surface area contributed by atoms with Crippen LogP contribution in [-0.4, -0.2) is 29.5 Å². The van der Waals surface area contributed by atoms with Crippen molar-refractivity contribution < 1.29 is 23.4 Å². The van der Waals surface area contributed by atoms with E-state index >= 15 is 0 Å². The predicted octanol–water partition coefficient (Wildman–Crippen LogP) is -0.250. The summed E-state index contributed by atoms with van der Waals surface area (Å²) in [6, 6.07) is 0. The lowest BCUT2D eigenvalue weighted by atomic mass is 10.0. The number of allylic oxidation sites excluding steroid dienone is 2. The van der Waals surface area contributed by atoms with Gasteiger partial charge in [-0.2, -0.15) is 8.42 Å². The molecular formula is C7H6O5S. The Morgan fingerprint density at radius 2 is 2.08 bits per heavy atom. The second kappa shape index (κ2) is 3.44. The van der Waals surface area contributed by atoms with Gasteiger partial charge in [-0.15, -0.1) is 0 Å². The van der Waals surface area contributed by atoms with Crippen molar-refractivity contribution in [3.63, 3.8) is 0 Å². The molecule has 0 bridgehead atoms. The molecule has 0 amide bonds. The molecule has 5 nitrogen and oxygen atoms in total. The van der Waals surface area contributed by atoms with Crippen LogP contribution in [0.4, 0.5) is 0 Å². The van der Waals surface area contributed by atoms with Crippen molar-refractivity contribution in [2.45, 2.75) is 0 Å². The Balaban J connectivity index is 3.26. The monoisotopic (exact) mass is 202 g/mol. The van der Waals surface area contributed by atoms with Gasteiger partial charge in [-0.05, 0) is 12.2 Å². The molecule has 1 rings (SSSR count). The number of aliphatic carboxylic acids is 1. The highest BCUT2D eigenvalue weighted by atomic mass is 32.2. The molecule has 0 aromatic carbocycles. The van der Waals surface area contributed by atoms with Gasteiger partial charge >= 0.3 is 5.97 Å². The summed E-state index contributed by atoms with van der Waals surface area (Å²) >= 11 is 0. The summed E-state index contributed by atoms with van der Waals surface area (Å²) < 4.78 is 21.0. The quantitative estimate of drug-likeness (QED) is 0.572. The maximum absolute atomic E-state index is 10.5. The third kappa shape index (κ3) is 1.97. The lowest BCUT2D eigenvalue weighted by Gasteiger charge is -2.08. The van der Waals surface area contributed by atoms with Crippen LogP contribution in [0, 0.1) is 5.92 Å². The number of carbonyl (C=O) groups is 1. The van der Waals surface area contributed by atoms with E-state index in [2.05, 4.69) is 0 Å². The number of carboxylic acid groups (broad SMARTS) is 1. The Morgan fingerprint density at radius 1 is 1.46 bits per heavy atom. The van der Waals surface area contributed by atoms with Crippen LogP contribution in [0.2, 0.25) is 0 Å². The van der Waals surface area contributed by atoms with E-state index in [0.29, 0.717) is 0 Å². The van der Waals surface area contributed by atoms with Crippen LogP contribution in [0.5, 0.6) is 0 Å². The Morgan fingerprint density at radius 3 is 2.54 bits per heavy atom. The van der Waals surface area contributed by atoms with Crippen molar-refractivity contribution in [1.29, 1.82) is 0 Å². The van der Waals surface area contributed by atoms with E-state index in [4.69, 9.17) is 10.2 Å². The molecule has 0 aromatic heterocycles. The zero-order valence-electron chi connectivity index (χ0n) is 6.34. The van der Waals surface area contributed by atoms with E-state index in [-0.39, 0.29) is 10.6 Å². The standard InChI is InChI=1S/C7H6O5S/c8-4-1-2-5(7(9)10)6(3-4)13(11)12/h1-3,5,8H,(H,9,10). The zero-order valence-corrected chi connectivity index (χ0v) is 7.15. The minimum Gasteiger partial charge on any atom is -0.508 e. The highest BCUT2D eigenvalue weighted by Crippen LogP contribution is 2.12. The average Bonchev–Trinajstić information content (AvgIpc) is 2.03. The average molecular weight is 202 g/mol. The summed E-state index contributed by atoms with van der Waals surface area (Å²) in [5.41, 5.74) is 0. The molecule has 0 aromatic rings. The molecule has 2 N–H and O–H groups in total. The second-order valence-corrected chi connectivity index (χ2v) is 3.32. The van der Waals surface area contributed by atoms with Gasteiger partial charge in [0.05, 0.1) is 4.86 Å². The highest BCUT2D eigenvalue weighted by molar-refractivity contribution is 7.73. The van der Waals surface area contributed by atoms with Crippen LogP contribution in [0.3, 0.4) is 0 Å². The van der Waals surface area contributed by atoms with Gasteiger partial charge in [0.1, 0.15) is 11.7 Å². The van der Waals surface area contributed by atoms with E-state index in [9.17, 15) is 13.2 Å². The van der Waals surface area contributed by atoms with Crippen molar-refractivity contribution in [2.75, 3.05) is 0 Å². The second-order valence-electron chi connectivity index (χ2n) is 2.38. The van der Waals surface area contributed by atoms with E-state index in [1.165, 1.54) is 0 Å². The number of rotatable bonds is 1. The van der Waals surface area contributed by atoms with Crippen LogP contribution in [0.15, 0.2) is 24.0 Å². The maximum Gasteiger partial charge on any atom is 0.315 e. The van der Waals surface area contributed by atoms with Gasteiger partial charge in [-0.25, -0.2) is 0 Å². The van der Waals surface area contributed by atoms with Gasteiger partial charge in [0.25, 0.3) is 0 Å². The fourth-order valence-corrected chi connectivity index (χ4v) is 1.53. The van der Waals surface area contributed by atoms with Crippen molar-refractivity contribution >= 4 is 21.1 Å². The molecule has 0 saturated heterocycles. The van der Waals surface area contributed by atoms with Crippen molar-refractivity contribution in [3.8, 4) is 0 Å². The van der Waals surface area contributed by atoms with E-state index in [1.54, 1.807) is 0 Å². The first-order valence-corrected chi connectivity index (χ1v) is 4.37. The van der Waals surface area contributed by atoms with E-state index < -0.39 is 22.2 Å². The fraction of sp³-hybridized carbons (Fsp3) is 0.143. The predicted molar refractivity (Wildman–Crippen MR) is 44.9 cm³/mol. The topological polar surface area (TPSA) is 91.7 Å². The van der Waals surface area contributed by atoms with Crippen LogP contribution in [0.25, 0.3) is 0 Å². The summed E-state index contributed by atoms with van der Waals surface area (Å²) in [5.74, 6) is -2.73. The molecule has 13 heavy (non-hydrogen) atoms. The molecule has 1 aliphatic carbocycles. The van der Waals surface area contributed by atoms with Crippen LogP contribution < -0.4 is 0 Å². The summed E-state index contributed by atoms with van der Waals surface area (Å²) in [6.45, 7) is 0. The van der Waals surface area contributed by atoms with Gasteiger partial charge in [0.2, 0.25) is 10.3 Å². The summed E-state index contributed by atoms with van der Waals surface area (Å²) in [7, 11) is -2.63. The fourth-order valence-electron chi connectivity index (χ4n) is 0.929. The lowest BCUT2D eigenvalue weighted by molar-refractivity contribution is -0.137. The van der Waals surface area contributed by atoms with Gasteiger partial charge < -0.3 is 10.2 Å². The molecule has 0 radical (unpaired) electrons. The number of aliphatic hydroxyl groups is 1. The van der Waals surface area contributed by atoms with Crippen LogP contribution >= 0.6 is 0 Å². The molecular weight excluding hydrogens is 196 g/mol. The summed E-state index contributed by atoms with van der Waals surface area (Å²) in [6.07, 6.45) is 3.18. The van der Waals surface area contributed by atoms with Gasteiger partial charge in [0.15, 0.2) is 0 Å². The molecule has 0 heterocycles. The third-order valence-corrected chi connectivity index (χ3v) is 2.27. The van der Waals surface area contributed by atoms with Crippen molar-refractivity contribution in [2.24, 2.45) is 5.92 Å². The number of hydrogen-bond acceptors (Lipinski definition) is 4. The minimum absolute atomic E-state index is 0.267. The molecule has 0 spiro atoms. The summed E-state index contributed by atoms with van der Waals surface area (Å²) in [5, 5.41) is 17.5. The van der Waals surface area contributed by atoms with Crippen molar-refractivity contribution in [1.82, 2.24) is 0 Å².